The van der Waals surface area contributed by atoms with Crippen molar-refractivity contribution in [3.05, 3.63) is 53.6 Å². The van der Waals surface area contributed by atoms with Crippen LogP contribution in [0.3, 0.4) is 0 Å². The van der Waals surface area contributed by atoms with E-state index < -0.39 is 0 Å². The number of halogens is 1. The van der Waals surface area contributed by atoms with Gasteiger partial charge < -0.3 is 15.0 Å². The lowest BCUT2D eigenvalue weighted by atomic mass is 10.2. The summed E-state index contributed by atoms with van der Waals surface area (Å²) >= 11 is 7.53. The highest BCUT2D eigenvalue weighted by Gasteiger charge is 2.11. The highest BCUT2D eigenvalue weighted by atomic mass is 35.5. The minimum absolute atomic E-state index is 0.0426. The number of ether oxygens (including phenoxy) is 1. The van der Waals surface area contributed by atoms with E-state index in [0.29, 0.717) is 10.8 Å². The van der Waals surface area contributed by atoms with Crippen molar-refractivity contribution in [3.8, 4) is 0 Å². The van der Waals surface area contributed by atoms with Gasteiger partial charge in [-0.25, -0.2) is 0 Å². The Morgan fingerprint density at radius 2 is 1.83 bits per heavy atom. The van der Waals surface area contributed by atoms with E-state index in [1.807, 2.05) is 48.5 Å². The van der Waals surface area contributed by atoms with Gasteiger partial charge in [-0.05, 0) is 36.4 Å². The maximum atomic E-state index is 12.1. The molecule has 0 bridgehead atoms. The summed E-state index contributed by atoms with van der Waals surface area (Å²) in [5.41, 5.74) is 1.96. The van der Waals surface area contributed by atoms with Crippen LogP contribution in [0, 0.1) is 0 Å². The molecule has 2 aromatic rings. The van der Waals surface area contributed by atoms with Gasteiger partial charge in [0, 0.05) is 29.4 Å². The van der Waals surface area contributed by atoms with E-state index >= 15 is 0 Å². The number of amides is 1. The smallest absolute Gasteiger partial charge is 0.234 e. The molecule has 0 unspecified atom stereocenters. The Bertz CT molecular complexity index is 688. The maximum absolute atomic E-state index is 12.1. The zero-order valence-corrected chi connectivity index (χ0v) is 14.8. The molecule has 126 valence electrons. The van der Waals surface area contributed by atoms with Gasteiger partial charge in [-0.15, -0.1) is 11.8 Å². The molecule has 1 amide bonds. The summed E-state index contributed by atoms with van der Waals surface area (Å²) in [5.74, 6) is 0.286. The fraction of sp³-hybridized carbons (Fsp3) is 0.278. The summed E-state index contributed by atoms with van der Waals surface area (Å²) < 4.78 is 5.36. The minimum Gasteiger partial charge on any atom is -0.378 e. The van der Waals surface area contributed by atoms with Gasteiger partial charge in [0.25, 0.3) is 0 Å². The van der Waals surface area contributed by atoms with Gasteiger partial charge in [-0.1, -0.05) is 23.7 Å². The first-order chi connectivity index (χ1) is 11.7. The normalized spacial score (nSPS) is 14.5. The number of morpholine rings is 1. The lowest BCUT2D eigenvalue weighted by Crippen LogP contribution is -2.36. The summed E-state index contributed by atoms with van der Waals surface area (Å²) in [6, 6.07) is 15.5. The lowest BCUT2D eigenvalue weighted by Gasteiger charge is -2.28. The van der Waals surface area contributed by atoms with Crippen molar-refractivity contribution in [2.45, 2.75) is 4.90 Å². The molecule has 1 fully saturated rings. The van der Waals surface area contributed by atoms with Crippen LogP contribution in [0.25, 0.3) is 0 Å². The quantitative estimate of drug-likeness (QED) is 0.819. The van der Waals surface area contributed by atoms with Gasteiger partial charge in [-0.2, -0.15) is 0 Å². The number of hydrogen-bond acceptors (Lipinski definition) is 4. The fourth-order valence-corrected chi connectivity index (χ4v) is 3.52. The minimum atomic E-state index is -0.0426. The first-order valence-electron chi connectivity index (χ1n) is 7.82. The Kier molecular flexibility index (Phi) is 6.01. The molecular formula is C18H19ClN2O2S. The molecule has 0 saturated carbocycles. The molecule has 1 aliphatic heterocycles. The number of rotatable bonds is 5. The van der Waals surface area contributed by atoms with Crippen molar-refractivity contribution in [3.63, 3.8) is 0 Å². The maximum Gasteiger partial charge on any atom is 0.234 e. The number of benzene rings is 2. The van der Waals surface area contributed by atoms with Crippen molar-refractivity contribution in [2.24, 2.45) is 0 Å². The fourth-order valence-electron chi connectivity index (χ4n) is 2.48. The van der Waals surface area contributed by atoms with Crippen LogP contribution in [0.15, 0.2) is 53.4 Å². The average molecular weight is 363 g/mol. The number of carbonyl (C=O) groups excluding carboxylic acids is 1. The third-order valence-corrected chi connectivity index (χ3v) is 5.24. The van der Waals surface area contributed by atoms with Gasteiger partial charge in [0.15, 0.2) is 0 Å². The van der Waals surface area contributed by atoms with E-state index in [-0.39, 0.29) is 5.91 Å². The highest BCUT2D eigenvalue weighted by Crippen LogP contribution is 2.26. The zero-order valence-electron chi connectivity index (χ0n) is 13.2. The zero-order chi connectivity index (χ0) is 16.8. The standard InChI is InChI=1S/C18H19ClN2O2S/c19-16-3-1-2-4-17(16)24-13-18(22)20-14-5-7-15(8-6-14)21-9-11-23-12-10-21/h1-8H,9-13H2,(H,20,22). The van der Waals surface area contributed by atoms with Crippen molar-refractivity contribution >= 4 is 40.6 Å². The van der Waals surface area contributed by atoms with Gasteiger partial charge in [-0.3, -0.25) is 4.79 Å². The van der Waals surface area contributed by atoms with E-state index in [1.54, 1.807) is 0 Å². The Balaban J connectivity index is 1.52. The van der Waals surface area contributed by atoms with E-state index in [9.17, 15) is 4.79 Å². The summed E-state index contributed by atoms with van der Waals surface area (Å²) in [6.07, 6.45) is 0. The molecule has 0 spiro atoms. The van der Waals surface area contributed by atoms with Gasteiger partial charge in [0.2, 0.25) is 5.91 Å². The molecule has 1 heterocycles. The molecule has 3 rings (SSSR count). The molecule has 0 atom stereocenters. The Morgan fingerprint density at radius 3 is 2.54 bits per heavy atom. The van der Waals surface area contributed by atoms with Crippen LogP contribution >= 0.6 is 23.4 Å². The monoisotopic (exact) mass is 362 g/mol. The SMILES string of the molecule is O=C(CSc1ccccc1Cl)Nc1ccc(N2CCOCC2)cc1. The second kappa shape index (κ2) is 8.42. The van der Waals surface area contributed by atoms with E-state index in [2.05, 4.69) is 10.2 Å². The van der Waals surface area contributed by atoms with Crippen LogP contribution in [-0.4, -0.2) is 38.0 Å². The number of nitrogens with zero attached hydrogens (tertiary/aromatic N) is 1. The number of anilines is 2. The van der Waals surface area contributed by atoms with Gasteiger partial charge in [0.1, 0.15) is 0 Å². The first-order valence-corrected chi connectivity index (χ1v) is 9.19. The Hall–Kier alpha value is -1.69. The van der Waals surface area contributed by atoms with Crippen molar-refractivity contribution in [2.75, 3.05) is 42.3 Å². The van der Waals surface area contributed by atoms with Crippen LogP contribution in [0.5, 0.6) is 0 Å². The van der Waals surface area contributed by atoms with Crippen LogP contribution in [0.2, 0.25) is 5.02 Å². The van der Waals surface area contributed by atoms with E-state index in [4.69, 9.17) is 16.3 Å². The molecule has 24 heavy (non-hydrogen) atoms. The Morgan fingerprint density at radius 1 is 1.12 bits per heavy atom. The topological polar surface area (TPSA) is 41.6 Å². The first kappa shape index (κ1) is 17.1. The molecule has 4 nitrogen and oxygen atoms in total. The van der Waals surface area contributed by atoms with E-state index in [0.717, 1.165) is 42.6 Å². The predicted octanol–water partition coefficient (Wildman–Crippen LogP) is 3.91. The molecule has 6 heteroatoms. The molecule has 2 aromatic carbocycles. The molecule has 0 radical (unpaired) electrons. The average Bonchev–Trinajstić information content (AvgIpc) is 2.62. The number of thioether (sulfide) groups is 1. The number of hydrogen-bond donors (Lipinski definition) is 1. The number of carbonyl (C=O) groups is 1. The summed E-state index contributed by atoms with van der Waals surface area (Å²) in [4.78, 5) is 15.3. The molecule has 1 saturated heterocycles. The van der Waals surface area contributed by atoms with Crippen molar-refractivity contribution < 1.29 is 9.53 Å². The number of nitrogens with one attached hydrogen (secondary N) is 1. The van der Waals surface area contributed by atoms with Crippen LogP contribution in [-0.2, 0) is 9.53 Å². The summed E-state index contributed by atoms with van der Waals surface area (Å²) in [7, 11) is 0. The summed E-state index contributed by atoms with van der Waals surface area (Å²) in [5, 5.41) is 3.59. The Labute approximate surface area is 151 Å². The van der Waals surface area contributed by atoms with Crippen molar-refractivity contribution in [1.29, 1.82) is 0 Å². The van der Waals surface area contributed by atoms with Gasteiger partial charge >= 0.3 is 0 Å². The molecular weight excluding hydrogens is 344 g/mol. The molecule has 1 aliphatic rings. The second-order valence-corrected chi connectivity index (χ2v) is 6.84. The second-order valence-electron chi connectivity index (χ2n) is 5.41. The highest BCUT2D eigenvalue weighted by molar-refractivity contribution is 8.00. The third-order valence-electron chi connectivity index (χ3n) is 3.72. The summed E-state index contributed by atoms with van der Waals surface area (Å²) in [6.45, 7) is 3.33. The largest absolute Gasteiger partial charge is 0.378 e. The third kappa shape index (κ3) is 4.66. The van der Waals surface area contributed by atoms with Crippen LogP contribution in [0.4, 0.5) is 11.4 Å². The van der Waals surface area contributed by atoms with Crippen molar-refractivity contribution in [1.82, 2.24) is 0 Å². The predicted molar refractivity (Wildman–Crippen MR) is 100 cm³/mol. The molecule has 0 aromatic heterocycles. The molecule has 0 aliphatic carbocycles. The molecule has 1 N–H and O–H groups in total. The van der Waals surface area contributed by atoms with Crippen LogP contribution in [0.1, 0.15) is 0 Å². The van der Waals surface area contributed by atoms with E-state index in [1.165, 1.54) is 11.8 Å². The van der Waals surface area contributed by atoms with Gasteiger partial charge in [0.05, 0.1) is 24.0 Å². The lowest BCUT2D eigenvalue weighted by molar-refractivity contribution is -0.113. The van der Waals surface area contributed by atoms with Crippen LogP contribution < -0.4 is 10.2 Å².